The van der Waals surface area contributed by atoms with Crippen LogP contribution in [0.25, 0.3) is 0 Å². The van der Waals surface area contributed by atoms with E-state index < -0.39 is 0 Å². The summed E-state index contributed by atoms with van der Waals surface area (Å²) >= 11 is 0. The van der Waals surface area contributed by atoms with Crippen molar-refractivity contribution >= 4 is 0 Å². The molecule has 2 rings (SSSR count). The number of aliphatic hydroxyl groups excluding tert-OH is 1. The molecule has 0 aromatic carbocycles. The molecule has 2 N–H and O–H groups in total. The molecule has 0 radical (unpaired) electrons. The minimum Gasteiger partial charge on any atom is -0.468 e. The van der Waals surface area contributed by atoms with Gasteiger partial charge in [-0.25, -0.2) is 0 Å². The van der Waals surface area contributed by atoms with E-state index in [1.165, 1.54) is 12.8 Å². The lowest BCUT2D eigenvalue weighted by Crippen LogP contribution is -2.29. The molecule has 2 atom stereocenters. The van der Waals surface area contributed by atoms with Gasteiger partial charge in [0.2, 0.25) is 0 Å². The van der Waals surface area contributed by atoms with Crippen molar-refractivity contribution in [1.29, 1.82) is 0 Å². The summed E-state index contributed by atoms with van der Waals surface area (Å²) in [7, 11) is 0. The van der Waals surface area contributed by atoms with Crippen LogP contribution in [0.2, 0.25) is 0 Å². The molecule has 0 saturated heterocycles. The van der Waals surface area contributed by atoms with Gasteiger partial charge < -0.3 is 14.8 Å². The van der Waals surface area contributed by atoms with Crippen molar-refractivity contribution in [2.45, 2.75) is 25.3 Å². The molecule has 1 aromatic heterocycles. The summed E-state index contributed by atoms with van der Waals surface area (Å²) in [5.41, 5.74) is 0. The highest BCUT2D eigenvalue weighted by Crippen LogP contribution is 2.19. The van der Waals surface area contributed by atoms with Gasteiger partial charge >= 0.3 is 0 Å². The molecule has 0 unspecified atom stereocenters. The van der Waals surface area contributed by atoms with Gasteiger partial charge in [-0.15, -0.1) is 0 Å². The van der Waals surface area contributed by atoms with Crippen molar-refractivity contribution in [3.8, 4) is 0 Å². The average Bonchev–Trinajstić information content (AvgIpc) is 2.85. The molecule has 0 bridgehead atoms. The van der Waals surface area contributed by atoms with E-state index in [1.54, 1.807) is 6.26 Å². The van der Waals surface area contributed by atoms with Crippen LogP contribution in [-0.2, 0) is 0 Å². The number of nitrogens with one attached hydrogen (secondary N) is 1. The summed E-state index contributed by atoms with van der Waals surface area (Å²) in [6.45, 7) is 1.02. The molecule has 0 aliphatic heterocycles. The first kappa shape index (κ1) is 11.4. The minimum atomic E-state index is -0.0686. The van der Waals surface area contributed by atoms with Gasteiger partial charge in [0.25, 0.3) is 0 Å². The average molecular weight is 221 g/mol. The topological polar surface area (TPSA) is 45.4 Å². The Morgan fingerprint density at radius 3 is 3.06 bits per heavy atom. The monoisotopic (exact) mass is 221 g/mol. The van der Waals surface area contributed by atoms with E-state index in [1.807, 2.05) is 12.1 Å². The van der Waals surface area contributed by atoms with Gasteiger partial charge in [0.1, 0.15) is 5.76 Å². The van der Waals surface area contributed by atoms with E-state index >= 15 is 0 Å². The number of furan rings is 1. The fraction of sp³-hybridized carbons (Fsp3) is 0.538. The van der Waals surface area contributed by atoms with Crippen molar-refractivity contribution in [3.05, 3.63) is 36.3 Å². The van der Waals surface area contributed by atoms with Crippen LogP contribution < -0.4 is 5.32 Å². The van der Waals surface area contributed by atoms with Crippen LogP contribution in [-0.4, -0.2) is 18.3 Å². The van der Waals surface area contributed by atoms with Crippen molar-refractivity contribution < 1.29 is 9.52 Å². The highest BCUT2D eigenvalue weighted by molar-refractivity contribution is 5.04. The molecular weight excluding hydrogens is 202 g/mol. The zero-order valence-electron chi connectivity index (χ0n) is 9.43. The SMILES string of the molecule is OC[C@@H](NC[C@H]1CC=CCC1)c1ccco1. The molecule has 1 heterocycles. The molecule has 88 valence electrons. The summed E-state index contributed by atoms with van der Waals surface area (Å²) in [5, 5.41) is 12.7. The Hall–Kier alpha value is -1.06. The summed E-state index contributed by atoms with van der Waals surface area (Å²) in [5.74, 6) is 1.50. The van der Waals surface area contributed by atoms with Crippen molar-refractivity contribution in [1.82, 2.24) is 5.32 Å². The smallest absolute Gasteiger partial charge is 0.123 e. The maximum absolute atomic E-state index is 9.29. The van der Waals surface area contributed by atoms with E-state index in [0.29, 0.717) is 5.92 Å². The predicted octanol–water partition coefficient (Wildman–Crippen LogP) is 2.26. The molecule has 1 aliphatic carbocycles. The first-order chi connectivity index (χ1) is 7.90. The largest absolute Gasteiger partial charge is 0.468 e. The van der Waals surface area contributed by atoms with Crippen LogP contribution in [0.15, 0.2) is 35.0 Å². The quantitative estimate of drug-likeness (QED) is 0.750. The second-order valence-electron chi connectivity index (χ2n) is 4.31. The van der Waals surface area contributed by atoms with Crippen molar-refractivity contribution in [3.63, 3.8) is 0 Å². The number of allylic oxidation sites excluding steroid dienone is 2. The molecule has 3 nitrogen and oxygen atoms in total. The first-order valence-corrected chi connectivity index (χ1v) is 5.93. The maximum Gasteiger partial charge on any atom is 0.123 e. The minimum absolute atomic E-state index is 0.0686. The fourth-order valence-corrected chi connectivity index (χ4v) is 2.10. The second-order valence-corrected chi connectivity index (χ2v) is 4.31. The molecular formula is C13H19NO2. The molecule has 0 fully saturated rings. The predicted molar refractivity (Wildman–Crippen MR) is 63.0 cm³/mol. The van der Waals surface area contributed by atoms with E-state index in [-0.39, 0.29) is 12.6 Å². The van der Waals surface area contributed by atoms with E-state index in [0.717, 1.165) is 18.7 Å². The summed E-state index contributed by atoms with van der Waals surface area (Å²) in [6, 6.07) is 3.68. The van der Waals surface area contributed by atoms with Gasteiger partial charge in [-0.2, -0.15) is 0 Å². The Balaban J connectivity index is 1.81. The molecule has 3 heteroatoms. The molecule has 0 saturated carbocycles. The third kappa shape index (κ3) is 2.97. The number of rotatable bonds is 5. The van der Waals surface area contributed by atoms with Gasteiger partial charge in [-0.3, -0.25) is 0 Å². The molecule has 1 aliphatic rings. The fourth-order valence-electron chi connectivity index (χ4n) is 2.10. The van der Waals surface area contributed by atoms with Gasteiger partial charge in [-0.1, -0.05) is 12.2 Å². The molecule has 1 aromatic rings. The Morgan fingerprint density at radius 2 is 2.44 bits per heavy atom. The van der Waals surface area contributed by atoms with Crippen LogP contribution in [0.4, 0.5) is 0 Å². The lowest BCUT2D eigenvalue weighted by molar-refractivity contribution is 0.219. The van der Waals surface area contributed by atoms with Crippen LogP contribution in [0.3, 0.4) is 0 Å². The summed E-state index contributed by atoms with van der Waals surface area (Å²) < 4.78 is 5.29. The zero-order valence-corrected chi connectivity index (χ0v) is 9.43. The van der Waals surface area contributed by atoms with E-state index in [2.05, 4.69) is 17.5 Å². The highest BCUT2D eigenvalue weighted by atomic mass is 16.3. The first-order valence-electron chi connectivity index (χ1n) is 5.93. The van der Waals surface area contributed by atoms with Gasteiger partial charge in [0.15, 0.2) is 0 Å². The molecule has 0 spiro atoms. The molecule has 0 amide bonds. The van der Waals surface area contributed by atoms with Crippen LogP contribution in [0.5, 0.6) is 0 Å². The van der Waals surface area contributed by atoms with Crippen LogP contribution >= 0.6 is 0 Å². The zero-order chi connectivity index (χ0) is 11.2. The third-order valence-corrected chi connectivity index (χ3v) is 3.10. The third-order valence-electron chi connectivity index (χ3n) is 3.10. The lowest BCUT2D eigenvalue weighted by Gasteiger charge is -2.21. The van der Waals surface area contributed by atoms with Gasteiger partial charge in [-0.05, 0) is 43.9 Å². The molecule has 16 heavy (non-hydrogen) atoms. The second kappa shape index (κ2) is 5.87. The number of hydrogen-bond donors (Lipinski definition) is 2. The Morgan fingerprint density at radius 1 is 1.50 bits per heavy atom. The van der Waals surface area contributed by atoms with Crippen LogP contribution in [0, 0.1) is 5.92 Å². The van der Waals surface area contributed by atoms with Gasteiger partial charge in [0.05, 0.1) is 18.9 Å². The Bertz CT molecular complexity index is 319. The van der Waals surface area contributed by atoms with Gasteiger partial charge in [0, 0.05) is 0 Å². The highest BCUT2D eigenvalue weighted by Gasteiger charge is 2.15. The van der Waals surface area contributed by atoms with Crippen molar-refractivity contribution in [2.75, 3.05) is 13.2 Å². The Kier molecular flexibility index (Phi) is 4.19. The normalized spacial score (nSPS) is 22.2. The van der Waals surface area contributed by atoms with Crippen LogP contribution in [0.1, 0.15) is 31.1 Å². The lowest BCUT2D eigenvalue weighted by atomic mass is 9.94. The van der Waals surface area contributed by atoms with Crippen molar-refractivity contribution in [2.24, 2.45) is 5.92 Å². The van der Waals surface area contributed by atoms with E-state index in [4.69, 9.17) is 4.42 Å². The number of hydrogen-bond acceptors (Lipinski definition) is 3. The standard InChI is InChI=1S/C13H19NO2/c15-10-12(13-7-4-8-16-13)14-9-11-5-2-1-3-6-11/h1-2,4,7-8,11-12,14-15H,3,5-6,9-10H2/t11-,12+/m0/s1. The number of aliphatic hydroxyl groups is 1. The Labute approximate surface area is 96.2 Å². The van der Waals surface area contributed by atoms with E-state index in [9.17, 15) is 5.11 Å². The summed E-state index contributed by atoms with van der Waals surface area (Å²) in [6.07, 6.45) is 9.69. The maximum atomic E-state index is 9.29. The summed E-state index contributed by atoms with van der Waals surface area (Å²) in [4.78, 5) is 0.